The van der Waals surface area contributed by atoms with Gasteiger partial charge >= 0.3 is 0 Å². The minimum atomic E-state index is -0.905. The molecule has 106 valence electrons. The second kappa shape index (κ2) is 6.73. The van der Waals surface area contributed by atoms with Crippen LogP contribution in [0.1, 0.15) is 23.7 Å². The van der Waals surface area contributed by atoms with Gasteiger partial charge in [-0.05, 0) is 36.8 Å². The van der Waals surface area contributed by atoms with Crippen LogP contribution in [0.3, 0.4) is 0 Å². The molecule has 1 unspecified atom stereocenters. The standard InChI is InChI=1S/C16H16ClFO2/c1-11-3-2-4-13(9-11)20-8-7-16(19)14-6-5-12(17)10-15(14)18/h2-6,9-10,16,19H,7-8H2,1H3. The summed E-state index contributed by atoms with van der Waals surface area (Å²) in [6.07, 6.45) is -0.593. The fraction of sp³-hybridized carbons (Fsp3) is 0.250. The molecule has 0 amide bonds. The highest BCUT2D eigenvalue weighted by Gasteiger charge is 2.13. The average Bonchev–Trinajstić information content (AvgIpc) is 2.38. The summed E-state index contributed by atoms with van der Waals surface area (Å²) in [5.74, 6) is 0.245. The maximum atomic E-state index is 13.6. The lowest BCUT2D eigenvalue weighted by molar-refractivity contribution is 0.137. The van der Waals surface area contributed by atoms with E-state index in [9.17, 15) is 9.50 Å². The molecule has 0 aliphatic rings. The maximum Gasteiger partial charge on any atom is 0.130 e. The highest BCUT2D eigenvalue weighted by Crippen LogP contribution is 2.23. The summed E-state index contributed by atoms with van der Waals surface area (Å²) in [7, 11) is 0. The first-order valence-electron chi connectivity index (χ1n) is 6.39. The van der Waals surface area contributed by atoms with Gasteiger partial charge in [0.15, 0.2) is 0 Å². The minimum Gasteiger partial charge on any atom is -0.493 e. The summed E-state index contributed by atoms with van der Waals surface area (Å²) in [6, 6.07) is 11.9. The van der Waals surface area contributed by atoms with Crippen molar-refractivity contribution >= 4 is 11.6 Å². The molecule has 20 heavy (non-hydrogen) atoms. The topological polar surface area (TPSA) is 29.5 Å². The fourth-order valence-corrected chi connectivity index (χ4v) is 2.08. The van der Waals surface area contributed by atoms with Gasteiger partial charge in [-0.15, -0.1) is 0 Å². The molecule has 4 heteroatoms. The van der Waals surface area contributed by atoms with Gasteiger partial charge in [0.05, 0.1) is 12.7 Å². The Labute approximate surface area is 122 Å². The number of rotatable bonds is 5. The van der Waals surface area contributed by atoms with E-state index >= 15 is 0 Å². The van der Waals surface area contributed by atoms with Gasteiger partial charge in [0.25, 0.3) is 0 Å². The zero-order valence-electron chi connectivity index (χ0n) is 11.1. The van der Waals surface area contributed by atoms with Crippen LogP contribution in [0, 0.1) is 12.7 Å². The van der Waals surface area contributed by atoms with Crippen molar-refractivity contribution in [3.8, 4) is 5.75 Å². The molecule has 1 N–H and O–H groups in total. The molecular weight excluding hydrogens is 279 g/mol. The van der Waals surface area contributed by atoms with Crippen molar-refractivity contribution in [3.63, 3.8) is 0 Å². The molecule has 2 aromatic carbocycles. The summed E-state index contributed by atoms with van der Waals surface area (Å²) < 4.78 is 19.2. The third-order valence-corrected chi connectivity index (χ3v) is 3.21. The second-order valence-corrected chi connectivity index (χ2v) is 5.07. The number of hydrogen-bond acceptors (Lipinski definition) is 2. The van der Waals surface area contributed by atoms with E-state index in [1.807, 2.05) is 31.2 Å². The van der Waals surface area contributed by atoms with E-state index < -0.39 is 11.9 Å². The molecule has 0 fully saturated rings. The molecule has 0 heterocycles. The third kappa shape index (κ3) is 3.95. The number of aliphatic hydroxyl groups excluding tert-OH is 1. The lowest BCUT2D eigenvalue weighted by atomic mass is 10.1. The second-order valence-electron chi connectivity index (χ2n) is 4.64. The van der Waals surface area contributed by atoms with Crippen molar-refractivity contribution in [3.05, 3.63) is 64.4 Å². The molecule has 2 aromatic rings. The maximum absolute atomic E-state index is 13.6. The number of aryl methyl sites for hydroxylation is 1. The number of ether oxygens (including phenoxy) is 1. The molecule has 0 aliphatic heterocycles. The molecule has 2 nitrogen and oxygen atoms in total. The number of halogens is 2. The number of hydrogen-bond donors (Lipinski definition) is 1. The molecular formula is C16H16ClFO2. The first kappa shape index (κ1) is 14.8. The molecule has 0 saturated carbocycles. The Hall–Kier alpha value is -1.58. The Balaban J connectivity index is 1.90. The Bertz CT molecular complexity index is 586. The van der Waals surface area contributed by atoms with Gasteiger partial charge in [-0.3, -0.25) is 0 Å². The van der Waals surface area contributed by atoms with Gasteiger partial charge in [0.2, 0.25) is 0 Å². The van der Waals surface area contributed by atoms with Gasteiger partial charge in [0.1, 0.15) is 11.6 Å². The molecule has 0 radical (unpaired) electrons. The predicted molar refractivity (Wildman–Crippen MR) is 77.7 cm³/mol. The molecule has 0 saturated heterocycles. The molecule has 2 rings (SSSR count). The molecule has 0 spiro atoms. The third-order valence-electron chi connectivity index (χ3n) is 2.97. The number of aliphatic hydroxyl groups is 1. The van der Waals surface area contributed by atoms with E-state index in [0.717, 1.165) is 11.3 Å². The van der Waals surface area contributed by atoms with Crippen molar-refractivity contribution in [1.29, 1.82) is 0 Å². The van der Waals surface area contributed by atoms with Gasteiger partial charge < -0.3 is 9.84 Å². The van der Waals surface area contributed by atoms with Crippen molar-refractivity contribution in [2.45, 2.75) is 19.4 Å². The quantitative estimate of drug-likeness (QED) is 0.891. The smallest absolute Gasteiger partial charge is 0.130 e. The van der Waals surface area contributed by atoms with E-state index in [2.05, 4.69) is 0 Å². The Morgan fingerprint density at radius 3 is 2.75 bits per heavy atom. The van der Waals surface area contributed by atoms with Crippen LogP contribution >= 0.6 is 11.6 Å². The summed E-state index contributed by atoms with van der Waals surface area (Å²) in [5, 5.41) is 10.3. The van der Waals surface area contributed by atoms with Crippen LogP contribution in [0.5, 0.6) is 5.75 Å². The van der Waals surface area contributed by atoms with Crippen LogP contribution in [0.25, 0.3) is 0 Å². The van der Waals surface area contributed by atoms with Gasteiger partial charge in [-0.25, -0.2) is 4.39 Å². The average molecular weight is 295 g/mol. The van der Waals surface area contributed by atoms with Crippen molar-refractivity contribution in [2.24, 2.45) is 0 Å². The summed E-state index contributed by atoms with van der Waals surface area (Å²) in [4.78, 5) is 0. The van der Waals surface area contributed by atoms with Crippen LogP contribution in [0.15, 0.2) is 42.5 Å². The van der Waals surface area contributed by atoms with Crippen LogP contribution in [-0.4, -0.2) is 11.7 Å². The normalized spacial score (nSPS) is 12.2. The summed E-state index contributed by atoms with van der Waals surface area (Å²) in [6.45, 7) is 2.29. The largest absolute Gasteiger partial charge is 0.493 e. The molecule has 0 bridgehead atoms. The summed E-state index contributed by atoms with van der Waals surface area (Å²) >= 11 is 5.67. The lowest BCUT2D eigenvalue weighted by Gasteiger charge is -2.13. The van der Waals surface area contributed by atoms with Crippen molar-refractivity contribution in [1.82, 2.24) is 0 Å². The van der Waals surface area contributed by atoms with Crippen LogP contribution in [0.2, 0.25) is 5.02 Å². The van der Waals surface area contributed by atoms with Crippen LogP contribution < -0.4 is 4.74 Å². The first-order valence-corrected chi connectivity index (χ1v) is 6.76. The highest BCUT2D eigenvalue weighted by atomic mass is 35.5. The van der Waals surface area contributed by atoms with E-state index in [0.29, 0.717) is 18.1 Å². The first-order chi connectivity index (χ1) is 9.56. The van der Waals surface area contributed by atoms with Crippen molar-refractivity contribution in [2.75, 3.05) is 6.61 Å². The van der Waals surface area contributed by atoms with E-state index in [1.165, 1.54) is 12.1 Å². The lowest BCUT2D eigenvalue weighted by Crippen LogP contribution is -2.07. The molecule has 0 aromatic heterocycles. The Morgan fingerprint density at radius 2 is 2.05 bits per heavy atom. The van der Waals surface area contributed by atoms with Gasteiger partial charge in [-0.1, -0.05) is 29.8 Å². The van der Waals surface area contributed by atoms with E-state index in [4.69, 9.17) is 16.3 Å². The SMILES string of the molecule is Cc1cccc(OCCC(O)c2ccc(Cl)cc2F)c1. The molecule has 0 aliphatic carbocycles. The van der Waals surface area contributed by atoms with Crippen LogP contribution in [-0.2, 0) is 0 Å². The zero-order chi connectivity index (χ0) is 14.5. The van der Waals surface area contributed by atoms with Crippen LogP contribution in [0.4, 0.5) is 4.39 Å². The molecule has 1 atom stereocenters. The number of benzene rings is 2. The van der Waals surface area contributed by atoms with Gasteiger partial charge in [0, 0.05) is 17.0 Å². The van der Waals surface area contributed by atoms with E-state index in [-0.39, 0.29) is 5.56 Å². The Morgan fingerprint density at radius 1 is 1.25 bits per heavy atom. The Kier molecular flexibility index (Phi) is 4.99. The van der Waals surface area contributed by atoms with Gasteiger partial charge in [-0.2, -0.15) is 0 Å². The monoisotopic (exact) mass is 294 g/mol. The predicted octanol–water partition coefficient (Wildman–Crippen LogP) is 4.29. The minimum absolute atomic E-state index is 0.238. The van der Waals surface area contributed by atoms with Crippen molar-refractivity contribution < 1.29 is 14.2 Å². The fourth-order valence-electron chi connectivity index (χ4n) is 1.92. The highest BCUT2D eigenvalue weighted by molar-refractivity contribution is 6.30. The summed E-state index contributed by atoms with van der Waals surface area (Å²) in [5.41, 5.74) is 1.34. The van der Waals surface area contributed by atoms with E-state index in [1.54, 1.807) is 6.07 Å². The zero-order valence-corrected chi connectivity index (χ0v) is 11.9.